The van der Waals surface area contributed by atoms with E-state index in [0.717, 1.165) is 24.0 Å². The zero-order valence-corrected chi connectivity index (χ0v) is 22.8. The molecule has 0 aliphatic heterocycles. The van der Waals surface area contributed by atoms with Gasteiger partial charge >= 0.3 is 15.3 Å². The van der Waals surface area contributed by atoms with E-state index in [1.807, 2.05) is 38.1 Å². The van der Waals surface area contributed by atoms with Crippen molar-refractivity contribution in [3.63, 3.8) is 0 Å². The molecule has 10 heteroatoms. The first kappa shape index (κ1) is 27.8. The highest BCUT2D eigenvalue weighted by molar-refractivity contribution is 8.06. The van der Waals surface area contributed by atoms with Crippen molar-refractivity contribution in [1.29, 1.82) is 0 Å². The van der Waals surface area contributed by atoms with Gasteiger partial charge in [0.25, 0.3) is 5.56 Å². The highest BCUT2D eigenvalue weighted by atomic mass is 32.2. The maximum Gasteiger partial charge on any atom is 0.445 e. The van der Waals surface area contributed by atoms with Gasteiger partial charge in [0.05, 0.1) is 29.7 Å². The molecule has 39 heavy (non-hydrogen) atoms. The molecule has 4 rings (SSSR count). The molecular weight excluding hydrogens is 516 g/mol. The van der Waals surface area contributed by atoms with Crippen molar-refractivity contribution < 1.29 is 17.9 Å². The van der Waals surface area contributed by atoms with Crippen LogP contribution in [0.1, 0.15) is 44.5 Å². The monoisotopic (exact) mass is 548 g/mol. The van der Waals surface area contributed by atoms with Crippen LogP contribution in [0, 0.1) is 0 Å². The average molecular weight is 549 g/mol. The molecule has 0 atom stereocenters. The molecule has 0 aliphatic carbocycles. The van der Waals surface area contributed by atoms with E-state index in [-0.39, 0.29) is 17.9 Å². The highest BCUT2D eigenvalue weighted by Crippen LogP contribution is 2.29. The second-order valence-corrected chi connectivity index (χ2v) is 10.8. The Morgan fingerprint density at radius 3 is 2.49 bits per heavy atom. The van der Waals surface area contributed by atoms with Crippen molar-refractivity contribution in [2.75, 3.05) is 17.1 Å². The average Bonchev–Trinajstić information content (AvgIpc) is 2.92. The summed E-state index contributed by atoms with van der Waals surface area (Å²) in [7, 11) is -4.37. The number of nitrogen functional groups attached to an aromatic ring is 1. The van der Waals surface area contributed by atoms with Crippen LogP contribution in [-0.2, 0) is 27.7 Å². The normalized spacial score (nSPS) is 11.4. The minimum absolute atomic E-state index is 0.0442. The summed E-state index contributed by atoms with van der Waals surface area (Å²) in [6.07, 6.45) is 2.85. The zero-order chi connectivity index (χ0) is 28.0. The quantitative estimate of drug-likeness (QED) is 0.156. The number of benzene rings is 3. The lowest BCUT2D eigenvalue weighted by atomic mass is 10.0. The Morgan fingerprint density at radius 2 is 1.77 bits per heavy atom. The van der Waals surface area contributed by atoms with E-state index < -0.39 is 15.3 Å². The first-order chi connectivity index (χ1) is 18.7. The number of carbonyl (C=O) groups is 1. The van der Waals surface area contributed by atoms with Crippen molar-refractivity contribution in [3.8, 4) is 11.1 Å². The van der Waals surface area contributed by atoms with E-state index >= 15 is 0 Å². The smallest absolute Gasteiger partial charge is 0.445 e. The number of sulfonamides is 1. The molecule has 0 fully saturated rings. The predicted molar refractivity (Wildman–Crippen MR) is 154 cm³/mol. The standard InChI is InChI=1S/C29H32N4O5S/c1-3-5-17-38-29(35)39(36,37)32-26-10-7-6-9-23(26)21-13-11-20(12-14-21)19-33-27(8-4-2)31-25-16-15-22(30)18-24(25)28(33)34/h6-7,9-16,18,32H,3-5,8,17,19,30H2,1-2H3. The second kappa shape index (κ2) is 12.1. The largest absolute Gasteiger partial charge is 0.453 e. The van der Waals surface area contributed by atoms with Gasteiger partial charge in [0, 0.05) is 17.7 Å². The van der Waals surface area contributed by atoms with Crippen LogP contribution in [0.3, 0.4) is 0 Å². The highest BCUT2D eigenvalue weighted by Gasteiger charge is 2.25. The number of fused-ring (bicyclic) bond motifs is 1. The van der Waals surface area contributed by atoms with Crippen LogP contribution in [0.2, 0.25) is 0 Å². The topological polar surface area (TPSA) is 133 Å². The molecule has 0 aliphatic rings. The molecule has 204 valence electrons. The molecule has 3 N–H and O–H groups in total. The number of unbranched alkanes of at least 4 members (excludes halogenated alkanes) is 1. The Labute approximate surface area is 227 Å². The van der Waals surface area contributed by atoms with E-state index in [1.54, 1.807) is 47.0 Å². The third-order valence-corrected chi connectivity index (χ3v) is 7.29. The summed E-state index contributed by atoms with van der Waals surface area (Å²) < 4.78 is 34.0. The fraction of sp³-hybridized carbons (Fsp3) is 0.276. The fourth-order valence-corrected chi connectivity index (χ4v) is 5.01. The minimum Gasteiger partial charge on any atom is -0.453 e. The molecular formula is C29H32N4O5S. The lowest BCUT2D eigenvalue weighted by molar-refractivity contribution is 0.170. The number of aromatic nitrogens is 2. The van der Waals surface area contributed by atoms with E-state index in [1.165, 1.54) is 0 Å². The number of nitrogens with zero attached hydrogens (tertiary/aromatic N) is 2. The Kier molecular flexibility index (Phi) is 8.65. The summed E-state index contributed by atoms with van der Waals surface area (Å²) in [5.41, 5.74) is 9.36. The second-order valence-electron chi connectivity index (χ2n) is 9.25. The number of rotatable bonds is 10. The number of hydrogen-bond acceptors (Lipinski definition) is 7. The predicted octanol–water partition coefficient (Wildman–Crippen LogP) is 5.32. The third kappa shape index (κ3) is 6.46. The number of aryl methyl sites for hydroxylation is 1. The molecule has 0 amide bonds. The van der Waals surface area contributed by atoms with Crippen molar-refractivity contribution in [2.45, 2.75) is 46.1 Å². The van der Waals surface area contributed by atoms with Crippen molar-refractivity contribution in [2.24, 2.45) is 0 Å². The van der Waals surface area contributed by atoms with Gasteiger partial charge in [0.15, 0.2) is 0 Å². The first-order valence-electron chi connectivity index (χ1n) is 12.9. The SMILES string of the molecule is CCCCOC(=O)S(=O)(=O)Nc1ccccc1-c1ccc(Cn2c(CCC)nc3ccc(N)cc3c2=O)cc1. The number of ether oxygens (including phenoxy) is 1. The van der Waals surface area contributed by atoms with Gasteiger partial charge in [-0.2, -0.15) is 8.42 Å². The van der Waals surface area contributed by atoms with Crippen LogP contribution in [0.4, 0.5) is 16.2 Å². The van der Waals surface area contributed by atoms with Gasteiger partial charge in [0.1, 0.15) is 5.82 Å². The van der Waals surface area contributed by atoms with E-state index in [9.17, 15) is 18.0 Å². The van der Waals surface area contributed by atoms with Gasteiger partial charge in [-0.15, -0.1) is 0 Å². The number of hydrogen-bond donors (Lipinski definition) is 2. The molecule has 4 aromatic rings. The van der Waals surface area contributed by atoms with Gasteiger partial charge < -0.3 is 10.5 Å². The minimum atomic E-state index is -4.37. The Balaban J connectivity index is 1.61. The molecule has 9 nitrogen and oxygen atoms in total. The van der Waals surface area contributed by atoms with Crippen LogP contribution in [0.5, 0.6) is 0 Å². The summed E-state index contributed by atoms with van der Waals surface area (Å²) in [5, 5.41) is -0.832. The van der Waals surface area contributed by atoms with Gasteiger partial charge in [-0.05, 0) is 48.2 Å². The summed E-state index contributed by atoms with van der Waals surface area (Å²) >= 11 is 0. The van der Waals surface area contributed by atoms with Crippen LogP contribution < -0.4 is 16.0 Å². The molecule has 0 saturated carbocycles. The summed E-state index contributed by atoms with van der Waals surface area (Å²) in [5.74, 6) is 0.703. The van der Waals surface area contributed by atoms with Crippen LogP contribution >= 0.6 is 0 Å². The zero-order valence-electron chi connectivity index (χ0n) is 22.0. The summed E-state index contributed by atoms with van der Waals surface area (Å²) in [6.45, 7) is 4.32. The van der Waals surface area contributed by atoms with Gasteiger partial charge in [-0.3, -0.25) is 14.1 Å². The van der Waals surface area contributed by atoms with Crippen molar-refractivity contribution in [3.05, 3.63) is 88.5 Å². The van der Waals surface area contributed by atoms with Gasteiger partial charge in [-0.1, -0.05) is 62.7 Å². The first-order valence-corrected chi connectivity index (χ1v) is 14.4. The number of nitrogens with two attached hydrogens (primary N) is 1. The Morgan fingerprint density at radius 1 is 1.03 bits per heavy atom. The number of carbonyl (C=O) groups excluding carboxylic acids is 1. The van der Waals surface area contributed by atoms with Crippen molar-refractivity contribution >= 4 is 37.6 Å². The molecule has 0 saturated heterocycles. The number of nitrogens with one attached hydrogen (secondary N) is 1. The molecule has 0 unspecified atom stereocenters. The number of para-hydroxylation sites is 1. The van der Waals surface area contributed by atoms with E-state index in [4.69, 9.17) is 15.5 Å². The summed E-state index contributed by atoms with van der Waals surface area (Å²) in [6, 6.07) is 19.4. The van der Waals surface area contributed by atoms with Gasteiger partial charge in [-0.25, -0.2) is 9.78 Å². The molecule has 0 spiro atoms. The van der Waals surface area contributed by atoms with Crippen molar-refractivity contribution in [1.82, 2.24) is 9.55 Å². The third-order valence-electron chi connectivity index (χ3n) is 6.25. The van der Waals surface area contributed by atoms with E-state index in [0.29, 0.717) is 47.4 Å². The fourth-order valence-electron chi connectivity index (χ4n) is 4.22. The molecule has 3 aromatic carbocycles. The molecule has 0 bridgehead atoms. The number of anilines is 2. The Hall–Kier alpha value is -4.18. The lowest BCUT2D eigenvalue weighted by Crippen LogP contribution is -2.26. The molecule has 0 radical (unpaired) electrons. The maximum atomic E-state index is 13.3. The lowest BCUT2D eigenvalue weighted by Gasteiger charge is -2.15. The maximum absolute atomic E-state index is 13.3. The van der Waals surface area contributed by atoms with Crippen LogP contribution in [-0.4, -0.2) is 29.9 Å². The molecule has 1 aromatic heterocycles. The Bertz CT molecular complexity index is 1650. The van der Waals surface area contributed by atoms with Crippen LogP contribution in [0.25, 0.3) is 22.0 Å². The van der Waals surface area contributed by atoms with Gasteiger partial charge in [0.2, 0.25) is 0 Å². The van der Waals surface area contributed by atoms with E-state index in [2.05, 4.69) is 4.72 Å². The summed E-state index contributed by atoms with van der Waals surface area (Å²) in [4.78, 5) is 30.2. The molecule has 1 heterocycles. The van der Waals surface area contributed by atoms with Crippen LogP contribution in [0.15, 0.2) is 71.5 Å².